The van der Waals surface area contributed by atoms with Gasteiger partial charge in [-0.05, 0) is 51.9 Å². The van der Waals surface area contributed by atoms with Crippen LogP contribution in [-0.4, -0.2) is 93.7 Å². The maximum Gasteiger partial charge on any atom is 0.320 e. The molecule has 2 saturated heterocycles. The quantitative estimate of drug-likeness (QED) is 0.329. The normalized spacial score (nSPS) is 25.3. The smallest absolute Gasteiger partial charge is 0.320 e. The van der Waals surface area contributed by atoms with E-state index in [1.54, 1.807) is 7.11 Å². The number of carbonyl (C=O) groups is 2. The van der Waals surface area contributed by atoms with Crippen LogP contribution in [0.4, 0.5) is 4.79 Å². The number of methoxy groups -OCH3 is 1. The third-order valence-electron chi connectivity index (χ3n) is 7.61. The molecule has 1 saturated carbocycles. The lowest BCUT2D eigenvalue weighted by molar-refractivity contribution is -0.128. The summed E-state index contributed by atoms with van der Waals surface area (Å²) in [5.74, 6) is 1.57. The van der Waals surface area contributed by atoms with Crippen LogP contribution in [0.3, 0.4) is 0 Å². The van der Waals surface area contributed by atoms with Gasteiger partial charge in [-0.1, -0.05) is 49.7 Å². The number of ether oxygens (including phenoxy) is 3. The summed E-state index contributed by atoms with van der Waals surface area (Å²) in [5, 5.41) is 2.63. The van der Waals surface area contributed by atoms with Crippen LogP contribution in [0.1, 0.15) is 58.4 Å². The van der Waals surface area contributed by atoms with Gasteiger partial charge in [0.15, 0.2) is 6.29 Å². The van der Waals surface area contributed by atoms with E-state index in [2.05, 4.69) is 38.2 Å². The van der Waals surface area contributed by atoms with Crippen molar-refractivity contribution < 1.29 is 23.8 Å². The molecule has 1 aliphatic carbocycles. The molecule has 0 aromatic heterocycles. The third kappa shape index (κ3) is 11.7. The number of amides is 3. The summed E-state index contributed by atoms with van der Waals surface area (Å²) in [6.07, 6.45) is 6.24. The van der Waals surface area contributed by atoms with Gasteiger partial charge in [-0.2, -0.15) is 0 Å². The van der Waals surface area contributed by atoms with Crippen LogP contribution in [0.15, 0.2) is 30.3 Å². The van der Waals surface area contributed by atoms with E-state index in [1.807, 2.05) is 34.9 Å². The van der Waals surface area contributed by atoms with Crippen LogP contribution in [-0.2, 0) is 19.0 Å². The standard InChI is InChI=1S/C14H28N4O2.C10H18O3.C7H8/c1-12(2)9-17(8-4-6-16-11-19)14(20)18-7-3-5-13(15)10-18;1-3-12-10-7-4-5-9(11-2)8(7)6-13-10;1-7-5-3-2-4-6-7/h11-13H,3-10,15H2,1-2H3,(H,16,19);7-10H,3-6H2,1-2H3;2-6H,1H3. The number of likely N-dealkylation sites (tertiary alicyclic amines) is 1. The van der Waals surface area contributed by atoms with E-state index >= 15 is 0 Å². The second-order valence-corrected chi connectivity index (χ2v) is 11.4. The summed E-state index contributed by atoms with van der Waals surface area (Å²) in [4.78, 5) is 26.5. The maximum atomic E-state index is 12.5. The van der Waals surface area contributed by atoms with Crippen molar-refractivity contribution in [1.82, 2.24) is 15.1 Å². The van der Waals surface area contributed by atoms with Gasteiger partial charge in [0.2, 0.25) is 6.41 Å². The average molecular weight is 563 g/mol. The summed E-state index contributed by atoms with van der Waals surface area (Å²) in [5.41, 5.74) is 7.26. The van der Waals surface area contributed by atoms with Gasteiger partial charge in [0.25, 0.3) is 0 Å². The highest BCUT2D eigenvalue weighted by Crippen LogP contribution is 2.42. The number of rotatable bonds is 10. The Kier molecular flexibility index (Phi) is 16.2. The highest BCUT2D eigenvalue weighted by atomic mass is 16.7. The number of fused-ring (bicyclic) bond motifs is 1. The number of hydrogen-bond acceptors (Lipinski definition) is 6. The zero-order valence-corrected chi connectivity index (χ0v) is 25.4. The molecule has 3 N–H and O–H groups in total. The topological polar surface area (TPSA) is 106 Å². The largest absolute Gasteiger partial charge is 0.381 e. The molecule has 5 atom stereocenters. The molecule has 1 aromatic carbocycles. The first kappa shape index (κ1) is 34.0. The lowest BCUT2D eigenvalue weighted by Crippen LogP contribution is -2.52. The first-order valence-corrected chi connectivity index (χ1v) is 15.0. The van der Waals surface area contributed by atoms with E-state index in [0.29, 0.717) is 49.9 Å². The Morgan fingerprint density at radius 1 is 1.23 bits per heavy atom. The number of nitrogens with two attached hydrogens (primary N) is 1. The van der Waals surface area contributed by atoms with E-state index in [9.17, 15) is 9.59 Å². The number of nitrogens with one attached hydrogen (secondary N) is 1. The number of urea groups is 1. The van der Waals surface area contributed by atoms with E-state index in [0.717, 1.165) is 45.6 Å². The zero-order chi connectivity index (χ0) is 29.3. The summed E-state index contributed by atoms with van der Waals surface area (Å²) < 4.78 is 16.5. The first-order valence-electron chi connectivity index (χ1n) is 15.0. The molecule has 1 aromatic rings. The SMILES string of the molecule is CC(C)CN(CCCNC=O)C(=O)N1CCCC(N)C1.CCOC1OCC2C(OC)CCC12.Cc1ccccc1. The number of carbonyl (C=O) groups excluding carboxylic acids is 2. The second kappa shape index (κ2) is 19.0. The van der Waals surface area contributed by atoms with Gasteiger partial charge >= 0.3 is 6.03 Å². The molecule has 0 radical (unpaired) electrons. The van der Waals surface area contributed by atoms with Crippen molar-refractivity contribution in [3.05, 3.63) is 35.9 Å². The minimum Gasteiger partial charge on any atom is -0.381 e. The summed E-state index contributed by atoms with van der Waals surface area (Å²) in [6, 6.07) is 10.4. The minimum atomic E-state index is 0.0372. The predicted octanol–water partition coefficient (Wildman–Crippen LogP) is 4.04. The van der Waals surface area contributed by atoms with Gasteiger partial charge in [0.1, 0.15) is 0 Å². The monoisotopic (exact) mass is 562 g/mol. The van der Waals surface area contributed by atoms with Gasteiger partial charge in [0.05, 0.1) is 12.7 Å². The molecular weight excluding hydrogens is 508 g/mol. The fourth-order valence-corrected chi connectivity index (χ4v) is 5.64. The molecule has 9 heteroatoms. The Bertz CT molecular complexity index is 827. The van der Waals surface area contributed by atoms with E-state index in [4.69, 9.17) is 19.9 Å². The van der Waals surface area contributed by atoms with Gasteiger partial charge in [-0.3, -0.25) is 4.79 Å². The summed E-state index contributed by atoms with van der Waals surface area (Å²) in [6.45, 7) is 13.3. The van der Waals surface area contributed by atoms with Crippen LogP contribution in [0.25, 0.3) is 0 Å². The average Bonchev–Trinajstić information content (AvgIpc) is 3.54. The van der Waals surface area contributed by atoms with Gasteiger partial charge in [-0.15, -0.1) is 0 Å². The molecule has 4 rings (SSSR count). The Labute approximate surface area is 242 Å². The van der Waals surface area contributed by atoms with Crippen molar-refractivity contribution in [2.24, 2.45) is 23.5 Å². The number of benzene rings is 1. The highest BCUT2D eigenvalue weighted by molar-refractivity contribution is 5.74. The molecule has 3 aliphatic rings. The van der Waals surface area contributed by atoms with Gasteiger partial charge in [0, 0.05) is 64.3 Å². The molecule has 228 valence electrons. The maximum absolute atomic E-state index is 12.5. The Hall–Kier alpha value is -2.20. The van der Waals surface area contributed by atoms with Gasteiger partial charge < -0.3 is 35.1 Å². The first-order chi connectivity index (χ1) is 19.3. The van der Waals surface area contributed by atoms with Crippen LogP contribution in [0, 0.1) is 24.7 Å². The number of aryl methyl sites for hydroxylation is 1. The van der Waals surface area contributed by atoms with Crippen molar-refractivity contribution in [3.8, 4) is 0 Å². The molecule has 2 heterocycles. The Morgan fingerprint density at radius 2 is 1.98 bits per heavy atom. The van der Waals surface area contributed by atoms with E-state index < -0.39 is 0 Å². The molecule has 2 aliphatic heterocycles. The zero-order valence-electron chi connectivity index (χ0n) is 25.4. The summed E-state index contributed by atoms with van der Waals surface area (Å²) >= 11 is 0. The van der Waals surface area contributed by atoms with Crippen molar-refractivity contribution in [1.29, 1.82) is 0 Å². The third-order valence-corrected chi connectivity index (χ3v) is 7.61. The van der Waals surface area contributed by atoms with Crippen LogP contribution < -0.4 is 11.1 Å². The van der Waals surface area contributed by atoms with Crippen molar-refractivity contribution in [3.63, 3.8) is 0 Å². The molecule has 9 nitrogen and oxygen atoms in total. The summed E-state index contributed by atoms with van der Waals surface area (Å²) in [7, 11) is 1.79. The highest BCUT2D eigenvalue weighted by Gasteiger charge is 2.46. The molecule has 40 heavy (non-hydrogen) atoms. The molecule has 3 amide bonds. The fourth-order valence-electron chi connectivity index (χ4n) is 5.64. The number of piperidine rings is 1. The molecule has 0 spiro atoms. The van der Waals surface area contributed by atoms with Crippen LogP contribution in [0.2, 0.25) is 0 Å². The van der Waals surface area contributed by atoms with Gasteiger partial charge in [-0.25, -0.2) is 4.79 Å². The fraction of sp³-hybridized carbons (Fsp3) is 0.742. The number of hydrogen-bond donors (Lipinski definition) is 2. The molecule has 0 bridgehead atoms. The Morgan fingerprint density at radius 3 is 2.55 bits per heavy atom. The number of nitrogens with zero attached hydrogens (tertiary/aromatic N) is 2. The van der Waals surface area contributed by atoms with Crippen molar-refractivity contribution >= 4 is 12.4 Å². The molecule has 3 fully saturated rings. The van der Waals surface area contributed by atoms with E-state index in [1.165, 1.54) is 18.4 Å². The second-order valence-electron chi connectivity index (χ2n) is 11.4. The minimum absolute atomic E-state index is 0.0372. The lowest BCUT2D eigenvalue weighted by Gasteiger charge is -2.36. The van der Waals surface area contributed by atoms with Crippen LogP contribution in [0.5, 0.6) is 0 Å². The van der Waals surface area contributed by atoms with Crippen LogP contribution >= 0.6 is 0 Å². The van der Waals surface area contributed by atoms with E-state index in [-0.39, 0.29) is 18.4 Å². The Balaban J connectivity index is 0.000000237. The predicted molar refractivity (Wildman–Crippen MR) is 159 cm³/mol. The molecule has 5 unspecified atom stereocenters. The van der Waals surface area contributed by atoms with Crippen molar-refractivity contribution in [2.45, 2.75) is 78.2 Å². The lowest BCUT2D eigenvalue weighted by atomic mass is 9.98. The molecular formula is C31H54N4O5. The van der Waals surface area contributed by atoms with Crippen molar-refractivity contribution in [2.75, 3.05) is 53.0 Å².